The molecule has 0 bridgehead atoms. The van der Waals surface area contributed by atoms with E-state index in [1.807, 2.05) is 0 Å². The van der Waals surface area contributed by atoms with Crippen LogP contribution in [0.1, 0.15) is 87.5 Å². The van der Waals surface area contributed by atoms with Gasteiger partial charge in [-0.05, 0) is 86.9 Å². The Labute approximate surface area is 256 Å². The van der Waals surface area contributed by atoms with E-state index in [-0.39, 0.29) is 24.9 Å². The Balaban J connectivity index is 1.43. The summed E-state index contributed by atoms with van der Waals surface area (Å²) >= 11 is 0. The Hall–Kier alpha value is -3.76. The molecule has 4 rings (SSSR count). The van der Waals surface area contributed by atoms with Gasteiger partial charge in [-0.1, -0.05) is 31.4 Å². The zero-order valence-electron chi connectivity index (χ0n) is 26.0. The van der Waals surface area contributed by atoms with Crippen LogP contribution in [0.5, 0.6) is 5.75 Å². The minimum atomic E-state index is -4.44. The third-order valence-corrected chi connectivity index (χ3v) is 8.11. The lowest BCUT2D eigenvalue weighted by atomic mass is 9.81. The Morgan fingerprint density at radius 1 is 1.02 bits per heavy atom. The van der Waals surface area contributed by atoms with Crippen molar-refractivity contribution in [2.24, 2.45) is 0 Å². The number of benzene rings is 2. The second-order valence-corrected chi connectivity index (χ2v) is 12.5. The first-order chi connectivity index (χ1) is 20.7. The van der Waals surface area contributed by atoms with Gasteiger partial charge in [-0.15, -0.1) is 0 Å². The number of rotatable bonds is 8. The number of hydrogen-bond acceptors (Lipinski definition) is 6. The van der Waals surface area contributed by atoms with Gasteiger partial charge in [-0.3, -0.25) is 9.69 Å². The predicted molar refractivity (Wildman–Crippen MR) is 159 cm³/mol. The van der Waals surface area contributed by atoms with Crippen molar-refractivity contribution in [2.45, 2.75) is 96.1 Å². The van der Waals surface area contributed by atoms with Crippen molar-refractivity contribution >= 4 is 23.7 Å². The zero-order chi connectivity index (χ0) is 32.2. The van der Waals surface area contributed by atoms with E-state index >= 15 is 0 Å². The van der Waals surface area contributed by atoms with Crippen molar-refractivity contribution in [1.82, 2.24) is 4.90 Å². The Morgan fingerprint density at radius 3 is 2.36 bits per heavy atom. The van der Waals surface area contributed by atoms with E-state index in [1.54, 1.807) is 51.1 Å². The number of anilines is 1. The number of carbonyl (C=O) groups is 3. The molecule has 2 aromatic rings. The molecule has 2 aromatic carbocycles. The van der Waals surface area contributed by atoms with Crippen LogP contribution in [0.2, 0.25) is 0 Å². The fourth-order valence-electron chi connectivity index (χ4n) is 5.85. The lowest BCUT2D eigenvalue weighted by molar-refractivity contribution is -0.148. The molecular formula is C33H41F3N2O6. The van der Waals surface area contributed by atoms with Gasteiger partial charge in [0.05, 0.1) is 19.1 Å². The Morgan fingerprint density at radius 2 is 1.73 bits per heavy atom. The lowest BCUT2D eigenvalue weighted by Crippen LogP contribution is -2.48. The van der Waals surface area contributed by atoms with Crippen LogP contribution in [0.3, 0.4) is 0 Å². The molecule has 1 unspecified atom stereocenters. The standard InChI is InChI=1S/C33H41F3N2O6/c1-32(2,3)44-31(41)37(4)28(30(40)42-5)19-29(39)38-16-15-23-18-24(12-14-27(23)38)43-20-21-11-13-25(22-9-7-6-8-10-22)26(17-21)33(34,35)36/h11-14,17-18,22,28H,6-10,15-16,19-20H2,1-5H3. The third-order valence-electron chi connectivity index (χ3n) is 8.11. The lowest BCUT2D eigenvalue weighted by Gasteiger charge is -2.30. The highest BCUT2D eigenvalue weighted by Crippen LogP contribution is 2.41. The molecule has 44 heavy (non-hydrogen) atoms. The van der Waals surface area contributed by atoms with Gasteiger partial charge in [0.25, 0.3) is 0 Å². The highest BCUT2D eigenvalue weighted by molar-refractivity contribution is 5.98. The largest absolute Gasteiger partial charge is 0.489 e. The molecule has 1 fully saturated rings. The predicted octanol–water partition coefficient (Wildman–Crippen LogP) is 7.02. The third kappa shape index (κ3) is 8.04. The van der Waals surface area contributed by atoms with Crippen LogP contribution in [0.15, 0.2) is 36.4 Å². The smallest absolute Gasteiger partial charge is 0.416 e. The van der Waals surface area contributed by atoms with Crippen molar-refractivity contribution in [3.8, 4) is 5.75 Å². The van der Waals surface area contributed by atoms with Crippen LogP contribution in [0, 0.1) is 0 Å². The van der Waals surface area contributed by atoms with Gasteiger partial charge in [0, 0.05) is 19.3 Å². The maximum atomic E-state index is 14.0. The highest BCUT2D eigenvalue weighted by atomic mass is 19.4. The van der Waals surface area contributed by atoms with Crippen LogP contribution >= 0.6 is 0 Å². The van der Waals surface area contributed by atoms with E-state index in [1.165, 1.54) is 25.1 Å². The second kappa shape index (κ2) is 13.5. The van der Waals surface area contributed by atoms with Crippen molar-refractivity contribution < 1.29 is 41.8 Å². The normalized spacial score (nSPS) is 16.2. The number of methoxy groups -OCH3 is 1. The first-order valence-electron chi connectivity index (χ1n) is 15.0. The summed E-state index contributed by atoms with van der Waals surface area (Å²) in [5, 5.41) is 0. The van der Waals surface area contributed by atoms with Gasteiger partial charge in [0.1, 0.15) is 24.0 Å². The van der Waals surface area contributed by atoms with Crippen LogP contribution in [-0.4, -0.2) is 55.2 Å². The molecule has 2 amide bonds. The molecule has 8 nitrogen and oxygen atoms in total. The topological polar surface area (TPSA) is 85.4 Å². The quantitative estimate of drug-likeness (QED) is 0.296. The Kier molecular flexibility index (Phi) is 10.2. The maximum absolute atomic E-state index is 14.0. The monoisotopic (exact) mass is 618 g/mol. The average molecular weight is 619 g/mol. The molecule has 0 saturated heterocycles. The SMILES string of the molecule is COC(=O)C(CC(=O)N1CCc2cc(OCc3ccc(C4CCCCC4)c(C(F)(F)F)c3)ccc21)N(C)C(=O)OC(C)(C)C. The first kappa shape index (κ1) is 33.1. The highest BCUT2D eigenvalue weighted by Gasteiger charge is 2.37. The summed E-state index contributed by atoms with van der Waals surface area (Å²) in [4.78, 5) is 41.0. The minimum Gasteiger partial charge on any atom is -0.489 e. The summed E-state index contributed by atoms with van der Waals surface area (Å²) in [5.41, 5.74) is 0.892. The molecule has 1 aliphatic heterocycles. The summed E-state index contributed by atoms with van der Waals surface area (Å²) < 4.78 is 58.0. The molecule has 1 heterocycles. The fourth-order valence-corrected chi connectivity index (χ4v) is 5.85. The van der Waals surface area contributed by atoms with Crippen molar-refractivity contribution in [3.63, 3.8) is 0 Å². The summed E-state index contributed by atoms with van der Waals surface area (Å²) in [6, 6.07) is 8.48. The van der Waals surface area contributed by atoms with E-state index in [4.69, 9.17) is 14.2 Å². The average Bonchev–Trinajstić information content (AvgIpc) is 3.40. The number of halogens is 3. The second-order valence-electron chi connectivity index (χ2n) is 12.5. The summed E-state index contributed by atoms with van der Waals surface area (Å²) in [6.45, 7) is 5.42. The number of likely N-dealkylation sites (N-methyl/N-ethyl adjacent to an activating group) is 1. The van der Waals surface area contributed by atoms with E-state index in [9.17, 15) is 27.6 Å². The number of nitrogens with zero attached hydrogens (tertiary/aromatic N) is 2. The molecule has 1 atom stereocenters. The molecule has 0 aromatic heterocycles. The van der Waals surface area contributed by atoms with Gasteiger partial charge in [-0.2, -0.15) is 13.2 Å². The van der Waals surface area contributed by atoms with Crippen molar-refractivity contribution in [1.29, 1.82) is 0 Å². The molecule has 11 heteroatoms. The van der Waals surface area contributed by atoms with Gasteiger partial charge in [0.15, 0.2) is 0 Å². The van der Waals surface area contributed by atoms with Gasteiger partial charge < -0.3 is 19.1 Å². The molecule has 0 N–H and O–H groups in total. The number of carbonyl (C=O) groups excluding carboxylic acids is 3. The number of alkyl halides is 3. The van der Waals surface area contributed by atoms with Crippen molar-refractivity contribution in [2.75, 3.05) is 25.6 Å². The van der Waals surface area contributed by atoms with Gasteiger partial charge in [-0.25, -0.2) is 9.59 Å². The van der Waals surface area contributed by atoms with Crippen LogP contribution in [0.4, 0.5) is 23.7 Å². The van der Waals surface area contributed by atoms with Gasteiger partial charge in [0.2, 0.25) is 5.91 Å². The zero-order valence-corrected chi connectivity index (χ0v) is 26.0. The maximum Gasteiger partial charge on any atom is 0.416 e. The molecule has 2 aliphatic rings. The summed E-state index contributed by atoms with van der Waals surface area (Å²) in [6.07, 6.45) is -0.469. The van der Waals surface area contributed by atoms with Crippen LogP contribution in [-0.2, 0) is 38.3 Å². The number of hydrogen-bond donors (Lipinski definition) is 0. The molecular weight excluding hydrogens is 577 g/mol. The van der Waals surface area contributed by atoms with E-state index < -0.39 is 35.4 Å². The van der Waals surface area contributed by atoms with E-state index in [0.717, 1.165) is 42.6 Å². The van der Waals surface area contributed by atoms with Gasteiger partial charge >= 0.3 is 18.2 Å². The summed E-state index contributed by atoms with van der Waals surface area (Å²) in [7, 11) is 2.57. The Bertz CT molecular complexity index is 1360. The minimum absolute atomic E-state index is 0.0345. The van der Waals surface area contributed by atoms with Crippen molar-refractivity contribution in [3.05, 3.63) is 58.7 Å². The molecule has 1 saturated carbocycles. The molecule has 1 aliphatic carbocycles. The number of esters is 1. The molecule has 240 valence electrons. The first-order valence-corrected chi connectivity index (χ1v) is 15.0. The molecule has 0 spiro atoms. The number of amides is 2. The van der Waals surface area contributed by atoms with Crippen LogP contribution < -0.4 is 9.64 Å². The molecule has 0 radical (unpaired) electrons. The van der Waals surface area contributed by atoms with Crippen LogP contribution in [0.25, 0.3) is 0 Å². The fraction of sp³-hybridized carbons (Fsp3) is 0.545. The van der Waals surface area contributed by atoms with E-state index in [0.29, 0.717) is 35.5 Å². The number of fused-ring (bicyclic) bond motifs is 1. The summed E-state index contributed by atoms with van der Waals surface area (Å²) in [5.74, 6) is -0.713. The number of ether oxygens (including phenoxy) is 3. The van der Waals surface area contributed by atoms with E-state index in [2.05, 4.69) is 0 Å².